The highest BCUT2D eigenvalue weighted by molar-refractivity contribution is 5.93. The molecule has 0 aliphatic carbocycles. The first kappa shape index (κ1) is 14.6. The van der Waals surface area contributed by atoms with Gasteiger partial charge < -0.3 is 14.1 Å². The molecule has 1 aromatic carbocycles. The van der Waals surface area contributed by atoms with Gasteiger partial charge in [0, 0.05) is 19.0 Å². The van der Waals surface area contributed by atoms with Crippen LogP contribution >= 0.6 is 0 Å². The molecular formula is C15H14N2O4. The van der Waals surface area contributed by atoms with E-state index >= 15 is 0 Å². The van der Waals surface area contributed by atoms with Gasteiger partial charge in [0.05, 0.1) is 12.5 Å². The van der Waals surface area contributed by atoms with Gasteiger partial charge in [0.2, 0.25) is 5.76 Å². The van der Waals surface area contributed by atoms with Crippen molar-refractivity contribution in [3.05, 3.63) is 36.1 Å². The minimum absolute atomic E-state index is 0.0590. The number of benzene rings is 1. The summed E-state index contributed by atoms with van der Waals surface area (Å²) >= 11 is 0. The largest absolute Gasteiger partial charge is 0.450 e. The van der Waals surface area contributed by atoms with Crippen LogP contribution in [0.5, 0.6) is 0 Å². The van der Waals surface area contributed by atoms with Gasteiger partial charge in [-0.2, -0.15) is 5.26 Å². The molecule has 0 unspecified atom stereocenters. The number of carbonyl (C=O) groups excluding carboxylic acids is 2. The van der Waals surface area contributed by atoms with Crippen molar-refractivity contribution < 1.29 is 18.7 Å². The Kier molecular flexibility index (Phi) is 4.57. The zero-order valence-corrected chi connectivity index (χ0v) is 11.5. The average Bonchev–Trinajstić information content (AvgIpc) is 2.93. The van der Waals surface area contributed by atoms with Gasteiger partial charge in [-0.1, -0.05) is 18.2 Å². The predicted molar refractivity (Wildman–Crippen MR) is 74.4 cm³/mol. The Morgan fingerprint density at radius 3 is 2.86 bits per heavy atom. The Morgan fingerprint density at radius 1 is 1.38 bits per heavy atom. The zero-order valence-electron chi connectivity index (χ0n) is 11.5. The summed E-state index contributed by atoms with van der Waals surface area (Å²) in [6.07, 6.45) is 0.236. The van der Waals surface area contributed by atoms with Gasteiger partial charge in [-0.25, -0.2) is 4.79 Å². The first-order valence-corrected chi connectivity index (χ1v) is 6.38. The molecule has 2 aromatic rings. The van der Waals surface area contributed by atoms with Gasteiger partial charge in [-0.15, -0.1) is 0 Å². The first-order chi connectivity index (χ1) is 10.1. The van der Waals surface area contributed by atoms with Gasteiger partial charge in [0.15, 0.2) is 6.61 Å². The Balaban J connectivity index is 1.92. The standard InChI is InChI=1S/C15H14N2O4/c1-17(8-4-7-16)14(18)10-20-15(19)13-9-11-5-2-3-6-12(11)21-13/h2-3,5-6,9H,4,8,10H2,1H3. The molecule has 0 aliphatic heterocycles. The molecule has 1 amide bonds. The van der Waals surface area contributed by atoms with Crippen LogP contribution < -0.4 is 0 Å². The van der Waals surface area contributed by atoms with Crippen LogP contribution in [0.4, 0.5) is 0 Å². The minimum Gasteiger partial charge on any atom is -0.450 e. The third-order valence-corrected chi connectivity index (χ3v) is 2.94. The second-order valence-corrected chi connectivity index (χ2v) is 4.45. The van der Waals surface area contributed by atoms with Gasteiger partial charge in [-0.05, 0) is 12.1 Å². The minimum atomic E-state index is -0.687. The topological polar surface area (TPSA) is 83.5 Å². The van der Waals surface area contributed by atoms with Gasteiger partial charge in [0.25, 0.3) is 5.91 Å². The lowest BCUT2D eigenvalue weighted by molar-refractivity contribution is -0.133. The van der Waals surface area contributed by atoms with E-state index in [1.807, 2.05) is 18.2 Å². The van der Waals surface area contributed by atoms with E-state index in [4.69, 9.17) is 14.4 Å². The summed E-state index contributed by atoms with van der Waals surface area (Å²) < 4.78 is 10.3. The Labute approximate surface area is 121 Å². The van der Waals surface area contributed by atoms with Crippen molar-refractivity contribution in [2.24, 2.45) is 0 Å². The molecule has 6 nitrogen and oxygen atoms in total. The fourth-order valence-electron chi connectivity index (χ4n) is 1.73. The molecule has 0 saturated carbocycles. The van der Waals surface area contributed by atoms with E-state index in [9.17, 15) is 9.59 Å². The number of ether oxygens (including phenoxy) is 1. The van der Waals surface area contributed by atoms with Crippen LogP contribution in [0.15, 0.2) is 34.7 Å². The van der Waals surface area contributed by atoms with E-state index in [0.717, 1.165) is 5.39 Å². The molecule has 0 N–H and O–H groups in total. The van der Waals surface area contributed by atoms with Crippen molar-refractivity contribution in [3.63, 3.8) is 0 Å². The predicted octanol–water partition coefficient (Wildman–Crippen LogP) is 1.96. The number of hydrogen-bond acceptors (Lipinski definition) is 5. The number of hydrogen-bond donors (Lipinski definition) is 0. The summed E-state index contributed by atoms with van der Waals surface area (Å²) in [5.74, 6) is -0.994. The fraction of sp³-hybridized carbons (Fsp3) is 0.267. The lowest BCUT2D eigenvalue weighted by Crippen LogP contribution is -2.31. The second kappa shape index (κ2) is 6.57. The zero-order chi connectivity index (χ0) is 15.2. The van der Waals surface area contributed by atoms with E-state index in [2.05, 4.69) is 0 Å². The number of esters is 1. The van der Waals surface area contributed by atoms with E-state index < -0.39 is 5.97 Å². The highest BCUT2D eigenvalue weighted by Crippen LogP contribution is 2.19. The molecule has 0 saturated heterocycles. The number of amides is 1. The molecule has 108 valence electrons. The lowest BCUT2D eigenvalue weighted by Gasteiger charge is -2.14. The first-order valence-electron chi connectivity index (χ1n) is 6.38. The average molecular weight is 286 g/mol. The normalized spacial score (nSPS) is 10.1. The Morgan fingerprint density at radius 2 is 2.14 bits per heavy atom. The molecule has 0 spiro atoms. The summed E-state index contributed by atoms with van der Waals surface area (Å²) in [7, 11) is 1.55. The smallest absolute Gasteiger partial charge is 0.374 e. The van der Waals surface area contributed by atoms with E-state index in [1.165, 1.54) is 4.90 Å². The van der Waals surface area contributed by atoms with E-state index in [0.29, 0.717) is 12.1 Å². The lowest BCUT2D eigenvalue weighted by atomic mass is 10.2. The van der Waals surface area contributed by atoms with Gasteiger partial charge in [0.1, 0.15) is 5.58 Å². The van der Waals surface area contributed by atoms with Crippen LogP contribution in [0.1, 0.15) is 17.0 Å². The number of para-hydroxylation sites is 1. The number of fused-ring (bicyclic) bond motifs is 1. The van der Waals surface area contributed by atoms with Gasteiger partial charge in [-0.3, -0.25) is 4.79 Å². The maximum atomic E-state index is 11.8. The fourth-order valence-corrected chi connectivity index (χ4v) is 1.73. The van der Waals surface area contributed by atoms with E-state index in [-0.39, 0.29) is 24.7 Å². The summed E-state index contributed by atoms with van der Waals surface area (Å²) in [6.45, 7) is -0.0741. The third-order valence-electron chi connectivity index (χ3n) is 2.94. The Bertz CT molecular complexity index is 666. The summed E-state index contributed by atoms with van der Waals surface area (Å²) in [5.41, 5.74) is 0.585. The highest BCUT2D eigenvalue weighted by Gasteiger charge is 2.16. The van der Waals surface area contributed by atoms with Crippen molar-refractivity contribution in [1.82, 2.24) is 4.90 Å². The number of furan rings is 1. The maximum Gasteiger partial charge on any atom is 0.374 e. The van der Waals surface area contributed by atoms with Crippen molar-refractivity contribution in [2.45, 2.75) is 6.42 Å². The van der Waals surface area contributed by atoms with Crippen LogP contribution in [-0.2, 0) is 9.53 Å². The molecular weight excluding hydrogens is 272 g/mol. The molecule has 1 aromatic heterocycles. The molecule has 0 fully saturated rings. The van der Waals surface area contributed by atoms with Crippen LogP contribution in [0.3, 0.4) is 0 Å². The second-order valence-electron chi connectivity index (χ2n) is 4.45. The van der Waals surface area contributed by atoms with Crippen molar-refractivity contribution in [2.75, 3.05) is 20.2 Å². The van der Waals surface area contributed by atoms with Crippen molar-refractivity contribution in [1.29, 1.82) is 5.26 Å². The monoisotopic (exact) mass is 286 g/mol. The number of nitriles is 1. The SMILES string of the molecule is CN(CCC#N)C(=O)COC(=O)c1cc2ccccc2o1. The van der Waals surface area contributed by atoms with Crippen molar-refractivity contribution >= 4 is 22.8 Å². The van der Waals surface area contributed by atoms with Gasteiger partial charge >= 0.3 is 5.97 Å². The summed E-state index contributed by atoms with van der Waals surface area (Å²) in [5, 5.41) is 9.24. The number of nitrogens with zero attached hydrogens (tertiary/aromatic N) is 2. The molecule has 21 heavy (non-hydrogen) atoms. The number of rotatable bonds is 5. The highest BCUT2D eigenvalue weighted by atomic mass is 16.5. The Hall–Kier alpha value is -2.81. The number of likely N-dealkylation sites (N-methyl/N-ethyl adjacent to an activating group) is 1. The van der Waals surface area contributed by atoms with Crippen LogP contribution in [0.25, 0.3) is 11.0 Å². The molecule has 0 atom stereocenters. The quantitative estimate of drug-likeness (QED) is 0.784. The molecule has 6 heteroatoms. The molecule has 0 aliphatic rings. The molecule has 0 radical (unpaired) electrons. The summed E-state index contributed by atoms with van der Waals surface area (Å²) in [4.78, 5) is 24.8. The summed E-state index contributed by atoms with van der Waals surface area (Å²) in [6, 6.07) is 10.7. The van der Waals surface area contributed by atoms with Crippen LogP contribution in [-0.4, -0.2) is 37.0 Å². The molecule has 1 heterocycles. The molecule has 0 bridgehead atoms. The van der Waals surface area contributed by atoms with Crippen molar-refractivity contribution in [3.8, 4) is 6.07 Å². The van der Waals surface area contributed by atoms with E-state index in [1.54, 1.807) is 25.2 Å². The number of carbonyl (C=O) groups is 2. The third kappa shape index (κ3) is 3.60. The molecule has 2 rings (SSSR count). The van der Waals surface area contributed by atoms with Crippen LogP contribution in [0, 0.1) is 11.3 Å². The maximum absolute atomic E-state index is 11.8. The van der Waals surface area contributed by atoms with Crippen LogP contribution in [0.2, 0.25) is 0 Å².